The van der Waals surface area contributed by atoms with E-state index in [2.05, 4.69) is 41.1 Å². The van der Waals surface area contributed by atoms with Crippen LogP contribution in [0, 0.1) is 11.8 Å². The fourth-order valence-electron chi connectivity index (χ4n) is 4.79. The van der Waals surface area contributed by atoms with Crippen LogP contribution in [-0.4, -0.2) is 43.2 Å². The lowest BCUT2D eigenvalue weighted by Crippen LogP contribution is -2.46. The number of aromatic amines is 1. The van der Waals surface area contributed by atoms with E-state index in [0.29, 0.717) is 17.5 Å². The predicted octanol–water partition coefficient (Wildman–Crippen LogP) is 3.43. The van der Waals surface area contributed by atoms with Gasteiger partial charge in [-0.3, -0.25) is 4.90 Å². The Morgan fingerprint density at radius 2 is 2.12 bits per heavy atom. The number of nitrogens with zero attached hydrogens (tertiary/aromatic N) is 1. The number of hydrogen-bond donors (Lipinski definition) is 1. The zero-order valence-electron chi connectivity index (χ0n) is 15.6. The Morgan fingerprint density at radius 1 is 1.31 bits per heavy atom. The van der Waals surface area contributed by atoms with Crippen LogP contribution in [0.2, 0.25) is 0 Å². The van der Waals surface area contributed by atoms with Crippen molar-refractivity contribution in [2.75, 3.05) is 27.3 Å². The molecule has 1 aromatic carbocycles. The second-order valence-electron chi connectivity index (χ2n) is 7.44. The molecule has 1 saturated heterocycles. The van der Waals surface area contributed by atoms with E-state index in [1.165, 1.54) is 29.3 Å². The Kier molecular flexibility index (Phi) is 4.49. The van der Waals surface area contributed by atoms with E-state index >= 15 is 0 Å². The monoisotopic (exact) mass is 354 g/mol. The van der Waals surface area contributed by atoms with Gasteiger partial charge in [0.2, 0.25) is 0 Å². The van der Waals surface area contributed by atoms with Gasteiger partial charge in [-0.2, -0.15) is 0 Å². The molecular weight excluding hydrogens is 328 g/mol. The topological polar surface area (TPSA) is 54.6 Å². The highest BCUT2D eigenvalue weighted by Gasteiger charge is 2.41. The van der Waals surface area contributed by atoms with E-state index in [0.717, 1.165) is 25.9 Å². The van der Waals surface area contributed by atoms with E-state index < -0.39 is 0 Å². The van der Waals surface area contributed by atoms with Crippen LogP contribution in [-0.2, 0) is 20.7 Å². The van der Waals surface area contributed by atoms with Crippen LogP contribution in [0.15, 0.2) is 36.1 Å². The van der Waals surface area contributed by atoms with E-state index in [1.807, 2.05) is 0 Å². The fourth-order valence-corrected chi connectivity index (χ4v) is 4.79. The van der Waals surface area contributed by atoms with Crippen LogP contribution in [0.25, 0.3) is 10.9 Å². The Labute approximate surface area is 154 Å². The molecule has 5 heteroatoms. The molecule has 138 valence electrons. The minimum absolute atomic E-state index is 0.126. The number of carbonyl (C=O) groups excluding carboxylic acids is 1. The SMILES string of the molecule is CO/C=C(/C(=O)OC)C1CC2c3[nH]c4ccccc4c3CCN2CC1C. The largest absolute Gasteiger partial charge is 0.504 e. The van der Waals surface area contributed by atoms with Crippen molar-refractivity contribution in [2.24, 2.45) is 11.8 Å². The standard InChI is InChI=1S/C21H26N2O3/c1-13-11-23-9-8-15-14-6-4-5-7-18(14)22-20(15)19(23)10-16(13)17(12-25-2)21(24)26-3/h4-7,12-13,16,19,22H,8-11H2,1-3H3/b17-12+. The van der Waals surface area contributed by atoms with Crippen molar-refractivity contribution in [2.45, 2.75) is 25.8 Å². The van der Waals surface area contributed by atoms with Gasteiger partial charge in [0.25, 0.3) is 0 Å². The summed E-state index contributed by atoms with van der Waals surface area (Å²) in [6, 6.07) is 8.83. The van der Waals surface area contributed by atoms with Gasteiger partial charge in [-0.05, 0) is 36.3 Å². The highest BCUT2D eigenvalue weighted by atomic mass is 16.5. The number of aromatic nitrogens is 1. The smallest absolute Gasteiger partial charge is 0.337 e. The molecule has 4 rings (SSSR count). The lowest BCUT2D eigenvalue weighted by molar-refractivity contribution is -0.137. The predicted molar refractivity (Wildman–Crippen MR) is 101 cm³/mol. The molecular formula is C21H26N2O3. The van der Waals surface area contributed by atoms with Crippen LogP contribution in [0.4, 0.5) is 0 Å². The minimum Gasteiger partial charge on any atom is -0.504 e. The summed E-state index contributed by atoms with van der Waals surface area (Å²) in [6.45, 7) is 4.26. The molecule has 0 amide bonds. The van der Waals surface area contributed by atoms with Crippen molar-refractivity contribution in [3.05, 3.63) is 47.4 Å². The third-order valence-electron chi connectivity index (χ3n) is 6.02. The van der Waals surface area contributed by atoms with Gasteiger partial charge < -0.3 is 14.5 Å². The summed E-state index contributed by atoms with van der Waals surface area (Å²) in [5, 5.41) is 1.33. The summed E-state index contributed by atoms with van der Waals surface area (Å²) in [5.74, 6) is 0.212. The number of rotatable bonds is 3. The molecule has 0 bridgehead atoms. The molecule has 26 heavy (non-hydrogen) atoms. The number of piperidine rings is 1. The molecule has 0 radical (unpaired) electrons. The number of benzene rings is 1. The number of fused-ring (bicyclic) bond motifs is 5. The molecule has 1 N–H and O–H groups in total. The zero-order valence-corrected chi connectivity index (χ0v) is 15.6. The molecule has 5 nitrogen and oxygen atoms in total. The first-order valence-corrected chi connectivity index (χ1v) is 9.28. The first-order chi connectivity index (χ1) is 12.6. The van der Waals surface area contributed by atoms with Crippen LogP contribution in [0.5, 0.6) is 0 Å². The van der Waals surface area contributed by atoms with Gasteiger partial charge in [0.05, 0.1) is 32.1 Å². The number of para-hydroxylation sites is 1. The third kappa shape index (κ3) is 2.71. The molecule has 0 aliphatic carbocycles. The van der Waals surface area contributed by atoms with E-state index in [9.17, 15) is 4.79 Å². The molecule has 3 atom stereocenters. The van der Waals surface area contributed by atoms with Gasteiger partial charge in [-0.1, -0.05) is 25.1 Å². The van der Waals surface area contributed by atoms with Crippen molar-refractivity contribution >= 4 is 16.9 Å². The number of carbonyl (C=O) groups is 1. The van der Waals surface area contributed by atoms with Gasteiger partial charge in [0.1, 0.15) is 0 Å². The summed E-state index contributed by atoms with van der Waals surface area (Å²) >= 11 is 0. The fraction of sp³-hybridized carbons (Fsp3) is 0.476. The first-order valence-electron chi connectivity index (χ1n) is 9.28. The van der Waals surface area contributed by atoms with Gasteiger partial charge in [0, 0.05) is 29.7 Å². The lowest BCUT2D eigenvalue weighted by atomic mass is 9.76. The average molecular weight is 354 g/mol. The number of nitrogens with one attached hydrogen (secondary N) is 1. The Bertz CT molecular complexity index is 854. The number of hydrogen-bond acceptors (Lipinski definition) is 4. The second kappa shape index (κ2) is 6.80. The van der Waals surface area contributed by atoms with Crippen molar-refractivity contribution in [1.29, 1.82) is 0 Å². The number of methoxy groups -OCH3 is 2. The Balaban J connectivity index is 1.71. The molecule has 3 heterocycles. The highest BCUT2D eigenvalue weighted by Crippen LogP contribution is 2.44. The van der Waals surface area contributed by atoms with Crippen LogP contribution < -0.4 is 0 Å². The summed E-state index contributed by atoms with van der Waals surface area (Å²) < 4.78 is 10.2. The maximum atomic E-state index is 12.3. The summed E-state index contributed by atoms with van der Waals surface area (Å²) in [7, 11) is 3.02. The van der Waals surface area contributed by atoms with E-state index in [4.69, 9.17) is 9.47 Å². The van der Waals surface area contributed by atoms with Crippen LogP contribution in [0.3, 0.4) is 0 Å². The molecule has 2 aromatic rings. The molecule has 3 unspecified atom stereocenters. The van der Waals surface area contributed by atoms with Crippen LogP contribution >= 0.6 is 0 Å². The number of H-pyrrole nitrogens is 1. The minimum atomic E-state index is -0.287. The number of esters is 1. The molecule has 0 saturated carbocycles. The molecule has 2 aliphatic heterocycles. The lowest BCUT2D eigenvalue weighted by Gasteiger charge is -2.45. The summed E-state index contributed by atoms with van der Waals surface area (Å²) in [6.07, 6.45) is 3.54. The van der Waals surface area contributed by atoms with Gasteiger partial charge in [-0.25, -0.2) is 4.79 Å². The maximum absolute atomic E-state index is 12.3. The van der Waals surface area contributed by atoms with Gasteiger partial charge >= 0.3 is 5.97 Å². The summed E-state index contributed by atoms with van der Waals surface area (Å²) in [5.41, 5.74) is 4.60. The third-order valence-corrected chi connectivity index (χ3v) is 6.02. The van der Waals surface area contributed by atoms with Crippen molar-refractivity contribution < 1.29 is 14.3 Å². The molecule has 1 aromatic heterocycles. The highest BCUT2D eigenvalue weighted by molar-refractivity contribution is 5.89. The zero-order chi connectivity index (χ0) is 18.3. The molecule has 2 aliphatic rings. The quantitative estimate of drug-likeness (QED) is 0.521. The average Bonchev–Trinajstić information content (AvgIpc) is 3.04. The van der Waals surface area contributed by atoms with E-state index in [-0.39, 0.29) is 11.9 Å². The number of ether oxygens (including phenoxy) is 2. The van der Waals surface area contributed by atoms with Crippen molar-refractivity contribution in [1.82, 2.24) is 9.88 Å². The van der Waals surface area contributed by atoms with Gasteiger partial charge in [-0.15, -0.1) is 0 Å². The van der Waals surface area contributed by atoms with E-state index in [1.54, 1.807) is 13.4 Å². The van der Waals surface area contributed by atoms with Gasteiger partial charge in [0.15, 0.2) is 0 Å². The van der Waals surface area contributed by atoms with Crippen molar-refractivity contribution in [3.8, 4) is 0 Å². The first kappa shape index (κ1) is 17.2. The normalized spacial score (nSPS) is 26.3. The Hall–Kier alpha value is -2.27. The molecule has 0 spiro atoms. The second-order valence-corrected chi connectivity index (χ2v) is 7.44. The summed E-state index contributed by atoms with van der Waals surface area (Å²) in [4.78, 5) is 18.5. The maximum Gasteiger partial charge on any atom is 0.337 e. The molecule has 1 fully saturated rings. The van der Waals surface area contributed by atoms with Crippen molar-refractivity contribution in [3.63, 3.8) is 0 Å². The Morgan fingerprint density at radius 3 is 2.88 bits per heavy atom. The van der Waals surface area contributed by atoms with Crippen LogP contribution in [0.1, 0.15) is 30.6 Å².